The van der Waals surface area contributed by atoms with Crippen LogP contribution in [0, 0.1) is 0 Å². The predicted molar refractivity (Wildman–Crippen MR) is 105 cm³/mol. The minimum absolute atomic E-state index is 0.294. The van der Waals surface area contributed by atoms with E-state index in [1.54, 1.807) is 45.6 Å². The Morgan fingerprint density at radius 3 is 2.61 bits per heavy atom. The van der Waals surface area contributed by atoms with Gasteiger partial charge in [-0.25, -0.2) is 5.43 Å². The van der Waals surface area contributed by atoms with Crippen molar-refractivity contribution in [3.05, 3.63) is 59.8 Å². The zero-order valence-corrected chi connectivity index (χ0v) is 15.7. The number of benzene rings is 2. The number of hydrogen-bond donors (Lipinski definition) is 2. The molecule has 0 bridgehead atoms. The minimum atomic E-state index is -0.404. The molecule has 1 aromatic heterocycles. The quantitative estimate of drug-likeness (QED) is 0.485. The molecule has 3 rings (SSSR count). The summed E-state index contributed by atoms with van der Waals surface area (Å²) in [6.07, 6.45) is 1.51. The van der Waals surface area contributed by atoms with Gasteiger partial charge in [0.1, 0.15) is 11.4 Å². The van der Waals surface area contributed by atoms with Crippen molar-refractivity contribution in [3.8, 4) is 28.5 Å². The normalized spacial score (nSPS) is 10.7. The van der Waals surface area contributed by atoms with Gasteiger partial charge < -0.3 is 14.2 Å². The Kier molecular flexibility index (Phi) is 5.91. The van der Waals surface area contributed by atoms with Crippen LogP contribution in [0.2, 0.25) is 0 Å². The second kappa shape index (κ2) is 8.72. The first kappa shape index (κ1) is 19.0. The van der Waals surface area contributed by atoms with Gasteiger partial charge in [-0.05, 0) is 42.0 Å². The molecule has 0 fully saturated rings. The second-order valence-corrected chi connectivity index (χ2v) is 5.71. The summed E-state index contributed by atoms with van der Waals surface area (Å²) in [5, 5.41) is 10.8. The van der Waals surface area contributed by atoms with Gasteiger partial charge in [0.2, 0.25) is 0 Å². The van der Waals surface area contributed by atoms with Crippen LogP contribution in [-0.4, -0.2) is 43.6 Å². The van der Waals surface area contributed by atoms with Gasteiger partial charge in [0.05, 0.1) is 33.2 Å². The molecule has 8 heteroatoms. The van der Waals surface area contributed by atoms with Crippen LogP contribution in [-0.2, 0) is 0 Å². The molecular weight excluding hydrogens is 360 g/mol. The van der Waals surface area contributed by atoms with E-state index >= 15 is 0 Å². The summed E-state index contributed by atoms with van der Waals surface area (Å²) in [4.78, 5) is 12.3. The monoisotopic (exact) mass is 380 g/mol. The topological polar surface area (TPSA) is 97.8 Å². The first-order chi connectivity index (χ1) is 13.6. The largest absolute Gasteiger partial charge is 0.497 e. The van der Waals surface area contributed by atoms with Crippen molar-refractivity contribution in [1.29, 1.82) is 0 Å². The SMILES string of the molecule is COc1cccc(-c2cc(C(=O)N/N=C\c3ccc(OC)c(OC)c3)[nH]n2)c1. The van der Waals surface area contributed by atoms with Crippen molar-refractivity contribution in [1.82, 2.24) is 15.6 Å². The fraction of sp³-hybridized carbons (Fsp3) is 0.150. The molecule has 0 spiro atoms. The highest BCUT2D eigenvalue weighted by atomic mass is 16.5. The molecule has 2 N–H and O–H groups in total. The molecule has 0 saturated carbocycles. The van der Waals surface area contributed by atoms with Crippen LogP contribution in [0.15, 0.2) is 53.6 Å². The summed E-state index contributed by atoms with van der Waals surface area (Å²) >= 11 is 0. The molecule has 0 radical (unpaired) electrons. The summed E-state index contributed by atoms with van der Waals surface area (Å²) in [6.45, 7) is 0. The van der Waals surface area contributed by atoms with Crippen LogP contribution in [0.5, 0.6) is 17.2 Å². The van der Waals surface area contributed by atoms with Gasteiger partial charge in [-0.1, -0.05) is 12.1 Å². The fourth-order valence-electron chi connectivity index (χ4n) is 2.53. The molecule has 1 amide bonds. The maximum Gasteiger partial charge on any atom is 0.289 e. The molecule has 2 aromatic carbocycles. The minimum Gasteiger partial charge on any atom is -0.497 e. The third kappa shape index (κ3) is 4.29. The van der Waals surface area contributed by atoms with E-state index in [9.17, 15) is 4.79 Å². The Bertz CT molecular complexity index is 997. The van der Waals surface area contributed by atoms with Crippen molar-refractivity contribution >= 4 is 12.1 Å². The maximum absolute atomic E-state index is 12.3. The molecule has 3 aromatic rings. The standard InChI is InChI=1S/C20H20N4O4/c1-26-15-6-4-5-14(10-15)16-11-17(23-22-16)20(25)24-21-12-13-7-8-18(27-2)19(9-13)28-3/h4-12H,1-3H3,(H,22,23)(H,24,25)/b21-12-. The lowest BCUT2D eigenvalue weighted by Gasteiger charge is -2.07. The number of carbonyl (C=O) groups is 1. The molecule has 0 aliphatic rings. The highest BCUT2D eigenvalue weighted by Crippen LogP contribution is 2.27. The Labute approximate surface area is 162 Å². The lowest BCUT2D eigenvalue weighted by atomic mass is 10.1. The number of ether oxygens (including phenoxy) is 3. The number of aromatic nitrogens is 2. The molecular formula is C20H20N4O4. The summed E-state index contributed by atoms with van der Waals surface area (Å²) in [6, 6.07) is 14.4. The molecule has 0 atom stereocenters. The number of hydrazone groups is 1. The number of amides is 1. The summed E-state index contributed by atoms with van der Waals surface area (Å²) in [7, 11) is 4.72. The lowest BCUT2D eigenvalue weighted by Crippen LogP contribution is -2.18. The molecule has 0 aliphatic carbocycles. The number of aromatic amines is 1. The summed E-state index contributed by atoms with van der Waals surface area (Å²) in [5.74, 6) is 1.50. The van der Waals surface area contributed by atoms with E-state index in [1.807, 2.05) is 24.3 Å². The number of rotatable bonds is 7. The van der Waals surface area contributed by atoms with E-state index in [-0.39, 0.29) is 0 Å². The average Bonchev–Trinajstić information content (AvgIpc) is 3.24. The highest BCUT2D eigenvalue weighted by Gasteiger charge is 2.11. The molecule has 1 heterocycles. The van der Waals surface area contributed by atoms with Gasteiger partial charge in [-0.15, -0.1) is 0 Å². The van der Waals surface area contributed by atoms with E-state index in [0.29, 0.717) is 28.6 Å². The lowest BCUT2D eigenvalue weighted by molar-refractivity contribution is 0.0950. The number of nitrogens with one attached hydrogen (secondary N) is 2. The van der Waals surface area contributed by atoms with Gasteiger partial charge in [0.25, 0.3) is 5.91 Å². The van der Waals surface area contributed by atoms with Gasteiger partial charge in [0, 0.05) is 5.56 Å². The van der Waals surface area contributed by atoms with Crippen molar-refractivity contribution in [2.75, 3.05) is 21.3 Å². The molecule has 144 valence electrons. The number of carbonyl (C=O) groups excluding carboxylic acids is 1. The van der Waals surface area contributed by atoms with E-state index in [2.05, 4.69) is 20.7 Å². The van der Waals surface area contributed by atoms with Gasteiger partial charge in [0.15, 0.2) is 11.5 Å². The zero-order chi connectivity index (χ0) is 19.9. The Balaban J connectivity index is 1.67. The van der Waals surface area contributed by atoms with Gasteiger partial charge in [-0.3, -0.25) is 9.89 Å². The van der Waals surface area contributed by atoms with Crippen molar-refractivity contribution in [3.63, 3.8) is 0 Å². The second-order valence-electron chi connectivity index (χ2n) is 5.71. The van der Waals surface area contributed by atoms with E-state index in [0.717, 1.165) is 11.1 Å². The third-order valence-electron chi connectivity index (χ3n) is 3.98. The molecule has 28 heavy (non-hydrogen) atoms. The smallest absolute Gasteiger partial charge is 0.289 e. The molecule has 8 nitrogen and oxygen atoms in total. The average molecular weight is 380 g/mol. The number of hydrogen-bond acceptors (Lipinski definition) is 6. The highest BCUT2D eigenvalue weighted by molar-refractivity contribution is 5.94. The van der Waals surface area contributed by atoms with E-state index in [1.165, 1.54) is 6.21 Å². The van der Waals surface area contributed by atoms with E-state index in [4.69, 9.17) is 14.2 Å². The molecule has 0 saturated heterocycles. The van der Waals surface area contributed by atoms with Crippen LogP contribution < -0.4 is 19.6 Å². The Hall–Kier alpha value is -3.81. The van der Waals surface area contributed by atoms with Gasteiger partial charge >= 0.3 is 0 Å². The first-order valence-corrected chi connectivity index (χ1v) is 8.40. The Morgan fingerprint density at radius 1 is 1.04 bits per heavy atom. The molecule has 0 unspecified atom stereocenters. The van der Waals surface area contributed by atoms with Crippen LogP contribution in [0.1, 0.15) is 16.1 Å². The van der Waals surface area contributed by atoms with Crippen molar-refractivity contribution < 1.29 is 19.0 Å². The van der Waals surface area contributed by atoms with Crippen LogP contribution in [0.25, 0.3) is 11.3 Å². The van der Waals surface area contributed by atoms with Crippen molar-refractivity contribution in [2.24, 2.45) is 5.10 Å². The van der Waals surface area contributed by atoms with Gasteiger partial charge in [-0.2, -0.15) is 10.2 Å². The first-order valence-electron chi connectivity index (χ1n) is 8.40. The maximum atomic E-state index is 12.3. The number of nitrogens with zero attached hydrogens (tertiary/aromatic N) is 2. The van der Waals surface area contributed by atoms with Crippen LogP contribution in [0.4, 0.5) is 0 Å². The van der Waals surface area contributed by atoms with Crippen LogP contribution >= 0.6 is 0 Å². The Morgan fingerprint density at radius 2 is 1.86 bits per heavy atom. The fourth-order valence-corrected chi connectivity index (χ4v) is 2.53. The zero-order valence-electron chi connectivity index (χ0n) is 15.7. The summed E-state index contributed by atoms with van der Waals surface area (Å²) in [5.41, 5.74) is 4.98. The predicted octanol–water partition coefficient (Wildman–Crippen LogP) is 2.87. The van der Waals surface area contributed by atoms with Crippen molar-refractivity contribution in [2.45, 2.75) is 0 Å². The van der Waals surface area contributed by atoms with Crippen LogP contribution in [0.3, 0.4) is 0 Å². The summed E-state index contributed by atoms with van der Waals surface area (Å²) < 4.78 is 15.6. The number of methoxy groups -OCH3 is 3. The molecule has 0 aliphatic heterocycles. The van der Waals surface area contributed by atoms with E-state index < -0.39 is 5.91 Å². The number of H-pyrrole nitrogens is 1. The third-order valence-corrected chi connectivity index (χ3v) is 3.98.